The van der Waals surface area contributed by atoms with Crippen molar-refractivity contribution in [2.45, 2.75) is 19.8 Å². The van der Waals surface area contributed by atoms with Crippen LogP contribution in [0.15, 0.2) is 11.8 Å². The van der Waals surface area contributed by atoms with Gasteiger partial charge in [0.25, 0.3) is 0 Å². The van der Waals surface area contributed by atoms with E-state index in [1.54, 1.807) is 6.92 Å². The molecule has 1 fully saturated rings. The number of carbonyl (C=O) groups is 2. The number of allylic oxidation sites excluding steroid dienone is 1. The highest BCUT2D eigenvalue weighted by atomic mass is 16.5. The predicted molar refractivity (Wildman–Crippen MR) is 45.1 cm³/mol. The average molecular weight is 184 g/mol. The van der Waals surface area contributed by atoms with Crippen LogP contribution in [0.3, 0.4) is 0 Å². The second-order valence-corrected chi connectivity index (χ2v) is 2.93. The van der Waals surface area contributed by atoms with Crippen LogP contribution >= 0.6 is 0 Å². The first-order chi connectivity index (χ1) is 6.15. The maximum absolute atomic E-state index is 11.1. The summed E-state index contributed by atoms with van der Waals surface area (Å²) >= 11 is 0. The predicted octanol–water partition coefficient (Wildman–Crippen LogP) is 0.971. The first kappa shape index (κ1) is 9.77. The summed E-state index contributed by atoms with van der Waals surface area (Å²) in [4.78, 5) is 21.9. The van der Waals surface area contributed by atoms with E-state index in [0.29, 0.717) is 0 Å². The Kier molecular flexibility index (Phi) is 3.06. The summed E-state index contributed by atoms with van der Waals surface area (Å²) in [6.45, 7) is 1.82. The molecule has 0 bridgehead atoms. The van der Waals surface area contributed by atoms with E-state index in [4.69, 9.17) is 5.11 Å². The molecule has 13 heavy (non-hydrogen) atoms. The number of esters is 1. The monoisotopic (exact) mass is 184 g/mol. The minimum atomic E-state index is -0.837. The molecule has 1 aliphatic rings. The summed E-state index contributed by atoms with van der Waals surface area (Å²) in [6, 6.07) is 0. The lowest BCUT2D eigenvalue weighted by atomic mass is 10.2. The molecule has 0 amide bonds. The third kappa shape index (κ3) is 2.89. The lowest BCUT2D eigenvalue weighted by Crippen LogP contribution is -2.09. The number of ketones is 1. The zero-order valence-electron chi connectivity index (χ0n) is 7.45. The molecule has 0 aliphatic heterocycles. The molecule has 4 heteroatoms. The molecule has 0 heterocycles. The van der Waals surface area contributed by atoms with Crippen molar-refractivity contribution in [3.05, 3.63) is 11.8 Å². The minimum absolute atomic E-state index is 0.0107. The molecule has 0 spiro atoms. The summed E-state index contributed by atoms with van der Waals surface area (Å²) in [5.74, 6) is -1.61. The first-order valence-electron chi connectivity index (χ1n) is 4.26. The fraction of sp³-hybridized carbons (Fsp3) is 0.556. The molecule has 4 nitrogen and oxygen atoms in total. The normalized spacial score (nSPS) is 16.8. The van der Waals surface area contributed by atoms with Crippen LogP contribution < -0.4 is 0 Å². The number of ether oxygens (including phenoxy) is 1. The Bertz CT molecular complexity index is 250. The van der Waals surface area contributed by atoms with Crippen molar-refractivity contribution >= 4 is 11.8 Å². The Hall–Kier alpha value is -1.32. The van der Waals surface area contributed by atoms with Gasteiger partial charge in [-0.2, -0.15) is 0 Å². The summed E-state index contributed by atoms with van der Waals surface area (Å²) in [7, 11) is 0. The largest absolute Gasteiger partial charge is 0.502 e. The topological polar surface area (TPSA) is 63.6 Å². The van der Waals surface area contributed by atoms with Gasteiger partial charge < -0.3 is 9.84 Å². The maximum atomic E-state index is 11.1. The van der Waals surface area contributed by atoms with E-state index in [2.05, 4.69) is 4.74 Å². The third-order valence-corrected chi connectivity index (χ3v) is 1.74. The van der Waals surface area contributed by atoms with Crippen molar-refractivity contribution < 1.29 is 19.4 Å². The summed E-state index contributed by atoms with van der Waals surface area (Å²) in [5.41, 5.74) is 0. The Morgan fingerprint density at radius 1 is 1.54 bits per heavy atom. The highest BCUT2D eigenvalue weighted by Gasteiger charge is 2.29. The standard InChI is InChI=1S/C9H12O4/c1-2-13-9(12)8(11)5-7(10)6-3-4-6/h5-6,11H,2-4H2,1H3/b8-5-. The van der Waals surface area contributed by atoms with Gasteiger partial charge in [-0.1, -0.05) is 0 Å². The molecule has 1 aliphatic carbocycles. The van der Waals surface area contributed by atoms with E-state index in [1.165, 1.54) is 0 Å². The number of hydrogen-bond donors (Lipinski definition) is 1. The van der Waals surface area contributed by atoms with Gasteiger partial charge in [0.05, 0.1) is 6.61 Å². The van der Waals surface area contributed by atoms with Crippen molar-refractivity contribution in [1.82, 2.24) is 0 Å². The molecule has 1 saturated carbocycles. The quantitative estimate of drug-likeness (QED) is 0.401. The fourth-order valence-corrected chi connectivity index (χ4v) is 0.884. The van der Waals surface area contributed by atoms with E-state index < -0.39 is 11.7 Å². The molecule has 0 aromatic rings. The van der Waals surface area contributed by atoms with Crippen LogP contribution in [0.5, 0.6) is 0 Å². The zero-order valence-corrected chi connectivity index (χ0v) is 7.45. The number of carbonyl (C=O) groups excluding carboxylic acids is 2. The van der Waals surface area contributed by atoms with E-state index >= 15 is 0 Å². The highest BCUT2D eigenvalue weighted by molar-refractivity contribution is 5.99. The number of hydrogen-bond acceptors (Lipinski definition) is 4. The number of aliphatic hydroxyl groups is 1. The van der Waals surface area contributed by atoms with Crippen molar-refractivity contribution in [2.75, 3.05) is 6.61 Å². The van der Waals surface area contributed by atoms with Gasteiger partial charge in [-0.3, -0.25) is 4.79 Å². The maximum Gasteiger partial charge on any atom is 0.373 e. The van der Waals surface area contributed by atoms with E-state index in [0.717, 1.165) is 18.9 Å². The van der Waals surface area contributed by atoms with Crippen LogP contribution in [0, 0.1) is 5.92 Å². The minimum Gasteiger partial charge on any atom is -0.502 e. The van der Waals surface area contributed by atoms with E-state index in [9.17, 15) is 9.59 Å². The van der Waals surface area contributed by atoms with Crippen LogP contribution in [0.1, 0.15) is 19.8 Å². The number of rotatable bonds is 4. The van der Waals surface area contributed by atoms with Crippen LogP contribution in [0.25, 0.3) is 0 Å². The molecule has 0 radical (unpaired) electrons. The van der Waals surface area contributed by atoms with Crippen molar-refractivity contribution in [3.8, 4) is 0 Å². The number of aliphatic hydroxyl groups excluding tert-OH is 1. The van der Waals surface area contributed by atoms with Gasteiger partial charge in [0.1, 0.15) is 0 Å². The molecule has 72 valence electrons. The van der Waals surface area contributed by atoms with Gasteiger partial charge in [0, 0.05) is 12.0 Å². The summed E-state index contributed by atoms with van der Waals surface area (Å²) in [5, 5.41) is 9.06. The molecule has 1 rings (SSSR count). The van der Waals surface area contributed by atoms with Crippen molar-refractivity contribution in [3.63, 3.8) is 0 Å². The van der Waals surface area contributed by atoms with Gasteiger partial charge in [-0.05, 0) is 19.8 Å². The Morgan fingerprint density at radius 3 is 2.62 bits per heavy atom. The fourth-order valence-electron chi connectivity index (χ4n) is 0.884. The average Bonchev–Trinajstić information content (AvgIpc) is 2.86. The molecule has 0 aromatic heterocycles. The summed E-state index contributed by atoms with van der Waals surface area (Å²) in [6.07, 6.45) is 2.66. The van der Waals surface area contributed by atoms with Crippen LogP contribution in [-0.4, -0.2) is 23.5 Å². The molecular weight excluding hydrogens is 172 g/mol. The molecule has 0 atom stereocenters. The smallest absolute Gasteiger partial charge is 0.373 e. The molecule has 0 saturated heterocycles. The molecule has 1 N–H and O–H groups in total. The summed E-state index contributed by atoms with van der Waals surface area (Å²) < 4.78 is 4.50. The second kappa shape index (κ2) is 4.07. The van der Waals surface area contributed by atoms with Gasteiger partial charge in [0.2, 0.25) is 5.76 Å². The van der Waals surface area contributed by atoms with Crippen LogP contribution in [-0.2, 0) is 14.3 Å². The third-order valence-electron chi connectivity index (χ3n) is 1.74. The second-order valence-electron chi connectivity index (χ2n) is 2.93. The van der Waals surface area contributed by atoms with Crippen molar-refractivity contribution in [2.24, 2.45) is 5.92 Å². The molecule has 0 unspecified atom stereocenters. The first-order valence-corrected chi connectivity index (χ1v) is 4.26. The Morgan fingerprint density at radius 2 is 2.15 bits per heavy atom. The SMILES string of the molecule is CCOC(=O)/C(O)=C/C(=O)C1CC1. The van der Waals surface area contributed by atoms with Gasteiger partial charge in [-0.25, -0.2) is 4.79 Å². The lowest BCUT2D eigenvalue weighted by molar-refractivity contribution is -0.141. The van der Waals surface area contributed by atoms with E-state index in [1.807, 2.05) is 0 Å². The molecular formula is C9H12O4. The molecule has 0 aromatic carbocycles. The zero-order chi connectivity index (χ0) is 9.84. The van der Waals surface area contributed by atoms with Crippen molar-refractivity contribution in [1.29, 1.82) is 0 Å². The lowest BCUT2D eigenvalue weighted by Gasteiger charge is -1.98. The highest BCUT2D eigenvalue weighted by Crippen LogP contribution is 2.30. The Balaban J connectivity index is 2.48. The van der Waals surface area contributed by atoms with Gasteiger partial charge in [-0.15, -0.1) is 0 Å². The van der Waals surface area contributed by atoms with E-state index in [-0.39, 0.29) is 18.3 Å². The Labute approximate surface area is 76.2 Å². The van der Waals surface area contributed by atoms with Gasteiger partial charge >= 0.3 is 5.97 Å². The van der Waals surface area contributed by atoms with Gasteiger partial charge in [0.15, 0.2) is 5.78 Å². The van der Waals surface area contributed by atoms with Crippen LogP contribution in [0.2, 0.25) is 0 Å². The van der Waals surface area contributed by atoms with Crippen LogP contribution in [0.4, 0.5) is 0 Å².